The number of halogens is 1. The second-order valence-electron chi connectivity index (χ2n) is 6.71. The van der Waals surface area contributed by atoms with Gasteiger partial charge in [0.1, 0.15) is 29.4 Å². The summed E-state index contributed by atoms with van der Waals surface area (Å²) in [7, 11) is 4.83. The van der Waals surface area contributed by atoms with Gasteiger partial charge in [0, 0.05) is 10.0 Å². The molecule has 150 valence electrons. The lowest BCUT2D eigenvalue weighted by Crippen LogP contribution is -3.13. The number of nitrogens with one attached hydrogen (secondary N) is 1. The molecule has 6 nitrogen and oxygen atoms in total. The first kappa shape index (κ1) is 20.5. The Labute approximate surface area is 174 Å². The molecule has 3 rings (SSSR count). The van der Waals surface area contributed by atoms with E-state index in [1.54, 1.807) is 33.5 Å². The van der Waals surface area contributed by atoms with Crippen LogP contribution in [0.15, 0.2) is 40.9 Å². The average molecular weight is 450 g/mol. The lowest BCUT2D eigenvalue weighted by molar-refractivity contribution is -0.917. The van der Waals surface area contributed by atoms with Gasteiger partial charge in [-0.3, -0.25) is 4.79 Å². The molecule has 2 aromatic rings. The van der Waals surface area contributed by atoms with Crippen LogP contribution in [0.1, 0.15) is 15.9 Å². The zero-order valence-electron chi connectivity index (χ0n) is 16.5. The summed E-state index contributed by atoms with van der Waals surface area (Å²) in [5, 5.41) is 0. The number of quaternary nitrogens is 1. The number of hydrogen-bond acceptors (Lipinski definition) is 4. The minimum absolute atomic E-state index is 0.0478. The van der Waals surface area contributed by atoms with Gasteiger partial charge >= 0.3 is 0 Å². The van der Waals surface area contributed by atoms with Crippen molar-refractivity contribution in [3.63, 3.8) is 0 Å². The Morgan fingerprint density at radius 1 is 1.00 bits per heavy atom. The Morgan fingerprint density at radius 2 is 1.61 bits per heavy atom. The first-order chi connectivity index (χ1) is 13.6. The van der Waals surface area contributed by atoms with E-state index in [4.69, 9.17) is 14.2 Å². The van der Waals surface area contributed by atoms with Crippen LogP contribution in [0, 0.1) is 0 Å². The maximum atomic E-state index is 13.1. The summed E-state index contributed by atoms with van der Waals surface area (Å²) in [5.41, 5.74) is 1.66. The fraction of sp³-hybridized carbons (Fsp3) is 0.381. The van der Waals surface area contributed by atoms with Crippen molar-refractivity contribution in [2.45, 2.75) is 6.54 Å². The molecule has 2 aromatic carbocycles. The number of rotatable bonds is 6. The van der Waals surface area contributed by atoms with Crippen molar-refractivity contribution in [3.05, 3.63) is 52.0 Å². The second-order valence-corrected chi connectivity index (χ2v) is 7.63. The van der Waals surface area contributed by atoms with E-state index in [2.05, 4.69) is 22.0 Å². The molecule has 0 unspecified atom stereocenters. The quantitative estimate of drug-likeness (QED) is 0.732. The number of hydrogen-bond donors (Lipinski definition) is 1. The number of ether oxygens (including phenoxy) is 3. The van der Waals surface area contributed by atoms with Crippen molar-refractivity contribution in [1.82, 2.24) is 4.90 Å². The molecule has 0 aliphatic carbocycles. The Hall–Kier alpha value is -2.25. The summed E-state index contributed by atoms with van der Waals surface area (Å²) < 4.78 is 17.3. The molecular formula is C21H26BrN2O4+. The summed E-state index contributed by atoms with van der Waals surface area (Å²) >= 11 is 3.53. The van der Waals surface area contributed by atoms with Gasteiger partial charge in [-0.05, 0) is 30.3 Å². The molecular weight excluding hydrogens is 424 g/mol. The molecule has 7 heteroatoms. The SMILES string of the molecule is COc1ccc(Br)cc1C[NH+]1CCN(C(=O)c2c(OC)cccc2OC)CC1. The van der Waals surface area contributed by atoms with Crippen molar-refractivity contribution in [2.75, 3.05) is 47.5 Å². The van der Waals surface area contributed by atoms with Gasteiger partial charge in [0.05, 0.1) is 47.5 Å². The third kappa shape index (κ3) is 4.42. The van der Waals surface area contributed by atoms with E-state index in [0.29, 0.717) is 30.2 Å². The molecule has 1 heterocycles. The topological polar surface area (TPSA) is 52.4 Å². The number of methoxy groups -OCH3 is 3. The maximum absolute atomic E-state index is 13.1. The van der Waals surface area contributed by atoms with E-state index in [0.717, 1.165) is 35.4 Å². The van der Waals surface area contributed by atoms with Gasteiger partial charge in [-0.15, -0.1) is 0 Å². The predicted molar refractivity (Wildman–Crippen MR) is 111 cm³/mol. The third-order valence-electron chi connectivity index (χ3n) is 5.08. The second kappa shape index (κ2) is 9.30. The van der Waals surface area contributed by atoms with Gasteiger partial charge in [0.25, 0.3) is 5.91 Å². The first-order valence-electron chi connectivity index (χ1n) is 9.23. The van der Waals surface area contributed by atoms with Gasteiger partial charge in [0.15, 0.2) is 0 Å². The molecule has 0 saturated carbocycles. The third-order valence-corrected chi connectivity index (χ3v) is 5.58. The zero-order chi connectivity index (χ0) is 20.1. The standard InChI is InChI=1S/C21H25BrN2O4/c1-26-17-8-7-16(22)13-15(17)14-23-9-11-24(12-10-23)21(25)20-18(27-2)5-4-6-19(20)28-3/h4-8,13H,9-12,14H2,1-3H3/p+1. The molecule has 28 heavy (non-hydrogen) atoms. The van der Waals surface area contributed by atoms with Crippen molar-refractivity contribution >= 4 is 21.8 Å². The van der Waals surface area contributed by atoms with Crippen LogP contribution >= 0.6 is 15.9 Å². The lowest BCUT2D eigenvalue weighted by Gasteiger charge is -2.33. The van der Waals surface area contributed by atoms with Gasteiger partial charge < -0.3 is 24.0 Å². The number of carbonyl (C=O) groups is 1. The lowest BCUT2D eigenvalue weighted by atomic mass is 10.1. The van der Waals surface area contributed by atoms with E-state index < -0.39 is 0 Å². The summed E-state index contributed by atoms with van der Waals surface area (Å²) in [6, 6.07) is 11.5. The van der Waals surface area contributed by atoms with Crippen molar-refractivity contribution in [1.29, 1.82) is 0 Å². The highest BCUT2D eigenvalue weighted by atomic mass is 79.9. The number of amides is 1. The van der Waals surface area contributed by atoms with Crippen molar-refractivity contribution < 1.29 is 23.9 Å². The molecule has 0 spiro atoms. The van der Waals surface area contributed by atoms with Crippen LogP contribution in [0.5, 0.6) is 17.2 Å². The molecule has 1 N–H and O–H groups in total. The Balaban J connectivity index is 1.68. The van der Waals surface area contributed by atoms with Gasteiger partial charge in [-0.1, -0.05) is 22.0 Å². The van der Waals surface area contributed by atoms with Gasteiger partial charge in [0.2, 0.25) is 0 Å². The maximum Gasteiger partial charge on any atom is 0.261 e. The summed E-state index contributed by atoms with van der Waals surface area (Å²) in [4.78, 5) is 16.4. The highest BCUT2D eigenvalue weighted by molar-refractivity contribution is 9.10. The van der Waals surface area contributed by atoms with Crippen LogP contribution in [0.3, 0.4) is 0 Å². The zero-order valence-corrected chi connectivity index (χ0v) is 18.0. The number of piperazine rings is 1. The molecule has 0 radical (unpaired) electrons. The van der Waals surface area contributed by atoms with Crippen molar-refractivity contribution in [3.8, 4) is 17.2 Å². The van der Waals surface area contributed by atoms with E-state index in [9.17, 15) is 4.79 Å². The minimum atomic E-state index is -0.0478. The predicted octanol–water partition coefficient (Wildman–Crippen LogP) is 2.02. The molecule has 0 atom stereocenters. The Bertz CT molecular complexity index is 813. The highest BCUT2D eigenvalue weighted by Crippen LogP contribution is 2.29. The van der Waals surface area contributed by atoms with Crippen LogP contribution in [0.25, 0.3) is 0 Å². The monoisotopic (exact) mass is 449 g/mol. The largest absolute Gasteiger partial charge is 0.496 e. The van der Waals surface area contributed by atoms with Crippen LogP contribution in [0.4, 0.5) is 0 Å². The van der Waals surface area contributed by atoms with Gasteiger partial charge in [-0.2, -0.15) is 0 Å². The molecule has 1 fully saturated rings. The fourth-order valence-corrected chi connectivity index (χ4v) is 3.99. The van der Waals surface area contributed by atoms with Crippen molar-refractivity contribution in [2.24, 2.45) is 0 Å². The van der Waals surface area contributed by atoms with Crippen LogP contribution in [-0.2, 0) is 6.54 Å². The molecule has 1 aliphatic heterocycles. The van der Waals surface area contributed by atoms with Crippen LogP contribution < -0.4 is 19.1 Å². The van der Waals surface area contributed by atoms with E-state index in [-0.39, 0.29) is 5.91 Å². The van der Waals surface area contributed by atoms with Crippen LogP contribution in [-0.4, -0.2) is 58.3 Å². The molecule has 0 bridgehead atoms. The smallest absolute Gasteiger partial charge is 0.261 e. The number of nitrogens with zero attached hydrogens (tertiary/aromatic N) is 1. The number of benzene rings is 2. The molecule has 1 aliphatic rings. The summed E-state index contributed by atoms with van der Waals surface area (Å²) in [6.07, 6.45) is 0. The van der Waals surface area contributed by atoms with Crippen LogP contribution in [0.2, 0.25) is 0 Å². The van der Waals surface area contributed by atoms with E-state index in [1.807, 2.05) is 23.1 Å². The Kier molecular flexibility index (Phi) is 6.80. The van der Waals surface area contributed by atoms with E-state index >= 15 is 0 Å². The molecule has 1 saturated heterocycles. The molecule has 0 aromatic heterocycles. The average Bonchev–Trinajstić information content (AvgIpc) is 2.73. The Morgan fingerprint density at radius 3 is 2.18 bits per heavy atom. The number of carbonyl (C=O) groups excluding carboxylic acids is 1. The van der Waals surface area contributed by atoms with Gasteiger partial charge in [-0.25, -0.2) is 0 Å². The summed E-state index contributed by atoms with van der Waals surface area (Å²) in [6.45, 7) is 3.98. The highest BCUT2D eigenvalue weighted by Gasteiger charge is 2.29. The fourth-order valence-electron chi connectivity index (χ4n) is 3.58. The normalized spacial score (nSPS) is 14.6. The summed E-state index contributed by atoms with van der Waals surface area (Å²) in [5.74, 6) is 1.93. The molecule has 1 amide bonds. The minimum Gasteiger partial charge on any atom is -0.496 e. The van der Waals surface area contributed by atoms with E-state index in [1.165, 1.54) is 4.90 Å². The first-order valence-corrected chi connectivity index (χ1v) is 10.0.